The molecule has 0 saturated heterocycles. The summed E-state index contributed by atoms with van der Waals surface area (Å²) >= 11 is 0. The first-order valence-electron chi connectivity index (χ1n) is 5.87. The Morgan fingerprint density at radius 1 is 1.47 bits per heavy atom. The van der Waals surface area contributed by atoms with Crippen molar-refractivity contribution in [3.63, 3.8) is 0 Å². The van der Waals surface area contributed by atoms with E-state index in [1.54, 1.807) is 18.2 Å². The highest BCUT2D eigenvalue weighted by Crippen LogP contribution is 2.19. The molecular weight excluding hydrogens is 246 g/mol. The minimum absolute atomic E-state index is 0.155. The van der Waals surface area contributed by atoms with Crippen LogP contribution in [-0.2, 0) is 6.54 Å². The highest BCUT2D eigenvalue weighted by molar-refractivity contribution is 6.00. The molecule has 19 heavy (non-hydrogen) atoms. The molecule has 0 radical (unpaired) electrons. The van der Waals surface area contributed by atoms with Crippen LogP contribution in [0.25, 0.3) is 0 Å². The van der Waals surface area contributed by atoms with Gasteiger partial charge in [-0.15, -0.1) is 0 Å². The number of aromatic nitrogens is 2. The molecule has 0 aliphatic rings. The van der Waals surface area contributed by atoms with Crippen molar-refractivity contribution in [3.8, 4) is 0 Å². The molecule has 0 aliphatic heterocycles. The molecule has 7 nitrogen and oxygen atoms in total. The second-order valence-corrected chi connectivity index (χ2v) is 3.87. The van der Waals surface area contributed by atoms with Gasteiger partial charge in [0.05, 0.1) is 12.1 Å². The fraction of sp³-hybridized carbons (Fsp3) is 0.250. The lowest BCUT2D eigenvalue weighted by Crippen LogP contribution is -2.24. The smallest absolute Gasteiger partial charge is 0.253 e. The fourth-order valence-electron chi connectivity index (χ4n) is 1.61. The van der Waals surface area contributed by atoms with Crippen molar-refractivity contribution in [2.24, 2.45) is 0 Å². The molecule has 1 aromatic carbocycles. The first-order chi connectivity index (χ1) is 9.20. The van der Waals surface area contributed by atoms with Gasteiger partial charge in [0.15, 0.2) is 5.82 Å². The summed E-state index contributed by atoms with van der Waals surface area (Å²) in [6.45, 7) is 2.78. The largest absolute Gasteiger partial charge is 0.399 e. The van der Waals surface area contributed by atoms with Crippen LogP contribution >= 0.6 is 0 Å². The van der Waals surface area contributed by atoms with Gasteiger partial charge in [-0.25, -0.2) is 0 Å². The predicted molar refractivity (Wildman–Crippen MR) is 70.5 cm³/mol. The van der Waals surface area contributed by atoms with Crippen LogP contribution in [0.1, 0.15) is 23.1 Å². The molecule has 4 N–H and O–H groups in total. The summed E-state index contributed by atoms with van der Waals surface area (Å²) < 4.78 is 4.64. The van der Waals surface area contributed by atoms with Crippen molar-refractivity contribution in [1.29, 1.82) is 0 Å². The fourth-order valence-corrected chi connectivity index (χ4v) is 1.61. The molecule has 0 unspecified atom stereocenters. The monoisotopic (exact) mass is 261 g/mol. The molecule has 0 atom stereocenters. The van der Waals surface area contributed by atoms with Crippen LogP contribution in [0.15, 0.2) is 29.1 Å². The van der Waals surface area contributed by atoms with Crippen LogP contribution < -0.4 is 16.4 Å². The van der Waals surface area contributed by atoms with E-state index in [0.717, 1.165) is 0 Å². The molecule has 0 aliphatic carbocycles. The summed E-state index contributed by atoms with van der Waals surface area (Å²) in [5.74, 6) is 0.349. The summed E-state index contributed by atoms with van der Waals surface area (Å²) in [7, 11) is 0. The lowest BCUT2D eigenvalue weighted by atomic mass is 10.1. The zero-order valence-corrected chi connectivity index (χ0v) is 10.5. The van der Waals surface area contributed by atoms with Gasteiger partial charge in [0.1, 0.15) is 0 Å². The SMILES string of the molecule is CCNC(=O)c1ccc(N)cc1NCc1ncon1. The van der Waals surface area contributed by atoms with E-state index in [0.29, 0.717) is 35.9 Å². The average Bonchev–Trinajstić information content (AvgIpc) is 2.89. The van der Waals surface area contributed by atoms with Crippen LogP contribution in [0, 0.1) is 0 Å². The van der Waals surface area contributed by atoms with Gasteiger partial charge in [-0.3, -0.25) is 4.79 Å². The van der Waals surface area contributed by atoms with Crippen molar-refractivity contribution in [1.82, 2.24) is 15.5 Å². The standard InChI is InChI=1S/C12H15N5O2/c1-2-14-12(18)9-4-3-8(13)5-10(9)15-6-11-16-7-19-17-11/h3-5,7,15H,2,6,13H2,1H3,(H,14,18). The molecule has 2 aromatic rings. The number of carbonyl (C=O) groups excluding carboxylic acids is 1. The van der Waals surface area contributed by atoms with Gasteiger partial charge in [0.2, 0.25) is 6.39 Å². The second-order valence-electron chi connectivity index (χ2n) is 3.87. The van der Waals surface area contributed by atoms with E-state index in [2.05, 4.69) is 25.3 Å². The molecule has 1 aromatic heterocycles. The predicted octanol–water partition coefficient (Wildman–Crippen LogP) is 1.01. The molecule has 7 heteroatoms. The number of hydrogen-bond acceptors (Lipinski definition) is 6. The van der Waals surface area contributed by atoms with E-state index < -0.39 is 0 Å². The zero-order valence-electron chi connectivity index (χ0n) is 10.5. The van der Waals surface area contributed by atoms with Crippen LogP contribution in [0.4, 0.5) is 11.4 Å². The van der Waals surface area contributed by atoms with Crippen LogP contribution in [0.2, 0.25) is 0 Å². The third-order valence-electron chi connectivity index (χ3n) is 2.47. The van der Waals surface area contributed by atoms with E-state index >= 15 is 0 Å². The maximum Gasteiger partial charge on any atom is 0.253 e. The third-order valence-corrected chi connectivity index (χ3v) is 2.47. The summed E-state index contributed by atoms with van der Waals surface area (Å²) in [5, 5.41) is 9.50. The van der Waals surface area contributed by atoms with E-state index in [1.165, 1.54) is 6.39 Å². The lowest BCUT2D eigenvalue weighted by molar-refractivity contribution is 0.0956. The normalized spacial score (nSPS) is 10.2. The second kappa shape index (κ2) is 5.85. The number of nitrogens with one attached hydrogen (secondary N) is 2. The first kappa shape index (κ1) is 12.9. The van der Waals surface area contributed by atoms with Gasteiger partial charge in [-0.1, -0.05) is 5.16 Å². The Balaban J connectivity index is 2.17. The summed E-state index contributed by atoms with van der Waals surface area (Å²) in [6, 6.07) is 5.06. The highest BCUT2D eigenvalue weighted by Gasteiger charge is 2.11. The number of anilines is 2. The van der Waals surface area contributed by atoms with Crippen molar-refractivity contribution >= 4 is 17.3 Å². The summed E-state index contributed by atoms with van der Waals surface area (Å²) in [6.07, 6.45) is 1.25. The molecule has 0 saturated carbocycles. The third kappa shape index (κ3) is 3.21. The highest BCUT2D eigenvalue weighted by atomic mass is 16.5. The first-order valence-corrected chi connectivity index (χ1v) is 5.87. The van der Waals surface area contributed by atoms with Crippen LogP contribution in [0.3, 0.4) is 0 Å². The number of carbonyl (C=O) groups is 1. The number of rotatable bonds is 5. The van der Waals surface area contributed by atoms with Gasteiger partial charge in [0, 0.05) is 17.9 Å². The van der Waals surface area contributed by atoms with Crippen molar-refractivity contribution < 1.29 is 9.32 Å². The minimum atomic E-state index is -0.155. The van der Waals surface area contributed by atoms with Gasteiger partial charge >= 0.3 is 0 Å². The van der Waals surface area contributed by atoms with E-state index in [4.69, 9.17) is 5.73 Å². The molecule has 0 bridgehead atoms. The number of nitrogens with two attached hydrogens (primary N) is 1. The van der Waals surface area contributed by atoms with Crippen LogP contribution in [-0.4, -0.2) is 22.6 Å². The summed E-state index contributed by atoms with van der Waals surface area (Å²) in [5.41, 5.74) is 7.46. The average molecular weight is 261 g/mol. The lowest BCUT2D eigenvalue weighted by Gasteiger charge is -2.11. The Labute approximate surface area is 110 Å². The molecule has 2 rings (SSSR count). The van der Waals surface area contributed by atoms with Gasteiger partial charge in [-0.2, -0.15) is 4.98 Å². The Kier molecular flexibility index (Phi) is 3.97. The molecule has 0 spiro atoms. The van der Waals surface area contributed by atoms with Crippen molar-refractivity contribution in [2.45, 2.75) is 13.5 Å². The molecule has 1 amide bonds. The van der Waals surface area contributed by atoms with Crippen molar-refractivity contribution in [2.75, 3.05) is 17.6 Å². The van der Waals surface area contributed by atoms with Crippen molar-refractivity contribution in [3.05, 3.63) is 36.0 Å². The maximum atomic E-state index is 11.9. The quantitative estimate of drug-likeness (QED) is 0.694. The van der Waals surface area contributed by atoms with E-state index in [1.807, 2.05) is 6.92 Å². The van der Waals surface area contributed by atoms with E-state index in [9.17, 15) is 4.79 Å². The Bertz CT molecular complexity index is 553. The van der Waals surface area contributed by atoms with Crippen LogP contribution in [0.5, 0.6) is 0 Å². The Morgan fingerprint density at radius 2 is 2.32 bits per heavy atom. The number of nitrogens with zero attached hydrogens (tertiary/aromatic N) is 2. The number of hydrogen-bond donors (Lipinski definition) is 3. The van der Waals surface area contributed by atoms with Gasteiger partial charge in [0.25, 0.3) is 5.91 Å². The Hall–Kier alpha value is -2.57. The zero-order chi connectivity index (χ0) is 13.7. The maximum absolute atomic E-state index is 11.9. The Morgan fingerprint density at radius 3 is 3.00 bits per heavy atom. The molecular formula is C12H15N5O2. The number of benzene rings is 1. The summed E-state index contributed by atoms with van der Waals surface area (Å²) in [4.78, 5) is 15.8. The van der Waals surface area contributed by atoms with Gasteiger partial charge < -0.3 is 20.9 Å². The topological polar surface area (TPSA) is 106 Å². The number of amides is 1. The molecule has 1 heterocycles. The molecule has 100 valence electrons. The molecule has 0 fully saturated rings. The van der Waals surface area contributed by atoms with Gasteiger partial charge in [-0.05, 0) is 25.1 Å². The van der Waals surface area contributed by atoms with E-state index in [-0.39, 0.29) is 5.91 Å². The number of nitrogen functional groups attached to an aromatic ring is 1. The minimum Gasteiger partial charge on any atom is -0.399 e.